The highest BCUT2D eigenvalue weighted by molar-refractivity contribution is 5.85. The monoisotopic (exact) mass is 245 g/mol. The maximum Gasteiger partial charge on any atom is 0.326 e. The summed E-state index contributed by atoms with van der Waals surface area (Å²) in [5, 5.41) is 11.6. The second-order valence-electron chi connectivity index (χ2n) is 5.36. The van der Waals surface area contributed by atoms with Crippen LogP contribution < -0.4 is 11.1 Å². The Morgan fingerprint density at radius 1 is 1.12 bits per heavy atom. The molecule has 0 fully saturated rings. The number of hydrogen-bond donors (Lipinski definition) is 3. The van der Waals surface area contributed by atoms with E-state index in [4.69, 9.17) is 5.11 Å². The summed E-state index contributed by atoms with van der Waals surface area (Å²) in [7, 11) is 0. The highest BCUT2D eigenvalue weighted by Crippen LogP contribution is 2.06. The van der Waals surface area contributed by atoms with Crippen LogP contribution in [-0.2, 0) is 9.59 Å². The summed E-state index contributed by atoms with van der Waals surface area (Å²) in [6.07, 6.45) is 1.11. The molecule has 0 aliphatic carbocycles. The SMILES string of the molecule is CC(C)CC([NH3+])C(=O)NC(CC(C)C)C(=O)O. The molecule has 5 heteroatoms. The number of amides is 1. The van der Waals surface area contributed by atoms with Gasteiger partial charge in [0.05, 0.1) is 0 Å². The molecule has 0 aliphatic rings. The summed E-state index contributed by atoms with van der Waals surface area (Å²) in [4.78, 5) is 22.7. The Morgan fingerprint density at radius 3 is 1.94 bits per heavy atom. The molecule has 5 N–H and O–H groups in total. The predicted molar refractivity (Wildman–Crippen MR) is 65.2 cm³/mol. The van der Waals surface area contributed by atoms with Crippen LogP contribution in [0, 0.1) is 11.8 Å². The third-order valence-corrected chi connectivity index (χ3v) is 2.45. The van der Waals surface area contributed by atoms with E-state index in [0.29, 0.717) is 18.8 Å². The first-order valence-electron chi connectivity index (χ1n) is 6.10. The molecule has 5 nitrogen and oxygen atoms in total. The molecule has 100 valence electrons. The van der Waals surface area contributed by atoms with E-state index in [1.54, 1.807) is 0 Å². The molecule has 2 atom stereocenters. The van der Waals surface area contributed by atoms with Crippen LogP contribution in [-0.4, -0.2) is 29.1 Å². The summed E-state index contributed by atoms with van der Waals surface area (Å²) >= 11 is 0. The van der Waals surface area contributed by atoms with Crippen LogP contribution in [0.15, 0.2) is 0 Å². The number of carbonyl (C=O) groups is 2. The van der Waals surface area contributed by atoms with Gasteiger partial charge in [-0.25, -0.2) is 4.79 Å². The number of nitrogens with one attached hydrogen (secondary N) is 1. The number of quaternary nitrogens is 1. The minimum absolute atomic E-state index is 0.227. The van der Waals surface area contributed by atoms with Crippen molar-refractivity contribution >= 4 is 11.9 Å². The summed E-state index contributed by atoms with van der Waals surface area (Å²) in [6.45, 7) is 7.87. The first kappa shape index (κ1) is 15.9. The van der Waals surface area contributed by atoms with E-state index in [1.807, 2.05) is 27.7 Å². The Morgan fingerprint density at radius 2 is 1.59 bits per heavy atom. The average molecular weight is 245 g/mol. The zero-order chi connectivity index (χ0) is 13.6. The average Bonchev–Trinajstić information content (AvgIpc) is 2.14. The van der Waals surface area contributed by atoms with Gasteiger partial charge in [0, 0.05) is 6.42 Å². The van der Waals surface area contributed by atoms with Crippen molar-refractivity contribution in [1.29, 1.82) is 0 Å². The minimum Gasteiger partial charge on any atom is -0.480 e. The second kappa shape index (κ2) is 7.27. The lowest BCUT2D eigenvalue weighted by atomic mass is 10.0. The summed E-state index contributed by atoms with van der Waals surface area (Å²) in [5.74, 6) is -0.656. The van der Waals surface area contributed by atoms with E-state index in [9.17, 15) is 9.59 Å². The fourth-order valence-corrected chi connectivity index (χ4v) is 1.66. The maximum absolute atomic E-state index is 11.7. The van der Waals surface area contributed by atoms with Gasteiger partial charge in [-0.1, -0.05) is 27.7 Å². The van der Waals surface area contributed by atoms with Gasteiger partial charge in [-0.15, -0.1) is 0 Å². The fourth-order valence-electron chi connectivity index (χ4n) is 1.66. The highest BCUT2D eigenvalue weighted by atomic mass is 16.4. The number of rotatable bonds is 7. The molecule has 2 unspecified atom stereocenters. The molecule has 0 saturated carbocycles. The molecule has 17 heavy (non-hydrogen) atoms. The van der Waals surface area contributed by atoms with Crippen LogP contribution in [0.5, 0.6) is 0 Å². The summed E-state index contributed by atoms with van der Waals surface area (Å²) < 4.78 is 0. The van der Waals surface area contributed by atoms with Crippen molar-refractivity contribution in [2.75, 3.05) is 0 Å². The highest BCUT2D eigenvalue weighted by Gasteiger charge is 2.26. The molecule has 0 rings (SSSR count). The lowest BCUT2D eigenvalue weighted by Crippen LogP contribution is -2.69. The Bertz CT molecular complexity index is 264. The van der Waals surface area contributed by atoms with Gasteiger partial charge in [0.25, 0.3) is 5.91 Å². The molecule has 0 heterocycles. The number of carbonyl (C=O) groups excluding carboxylic acids is 1. The molecular weight excluding hydrogens is 220 g/mol. The van der Waals surface area contributed by atoms with Crippen molar-refractivity contribution in [1.82, 2.24) is 5.32 Å². The third-order valence-electron chi connectivity index (χ3n) is 2.45. The van der Waals surface area contributed by atoms with Gasteiger partial charge < -0.3 is 16.2 Å². The van der Waals surface area contributed by atoms with Crippen molar-refractivity contribution in [3.05, 3.63) is 0 Å². The molecule has 0 aromatic carbocycles. The van der Waals surface area contributed by atoms with Gasteiger partial charge in [0.15, 0.2) is 6.04 Å². The van der Waals surface area contributed by atoms with E-state index in [0.717, 1.165) is 0 Å². The normalized spacial score (nSPS) is 14.8. The van der Waals surface area contributed by atoms with Crippen LogP contribution in [0.4, 0.5) is 0 Å². The van der Waals surface area contributed by atoms with Crippen molar-refractivity contribution in [2.24, 2.45) is 11.8 Å². The van der Waals surface area contributed by atoms with E-state index in [1.165, 1.54) is 0 Å². The van der Waals surface area contributed by atoms with E-state index >= 15 is 0 Å². The van der Waals surface area contributed by atoms with E-state index in [2.05, 4.69) is 11.1 Å². The Kier molecular flexibility index (Phi) is 6.80. The summed E-state index contributed by atoms with van der Waals surface area (Å²) in [5.41, 5.74) is 3.76. The van der Waals surface area contributed by atoms with Crippen LogP contribution in [0.2, 0.25) is 0 Å². The van der Waals surface area contributed by atoms with Crippen LogP contribution in [0.25, 0.3) is 0 Å². The molecule has 0 aromatic heterocycles. The molecule has 0 aromatic rings. The zero-order valence-electron chi connectivity index (χ0n) is 11.2. The Balaban J connectivity index is 4.35. The van der Waals surface area contributed by atoms with Gasteiger partial charge in [-0.2, -0.15) is 0 Å². The van der Waals surface area contributed by atoms with Crippen molar-refractivity contribution in [2.45, 2.75) is 52.6 Å². The largest absolute Gasteiger partial charge is 0.480 e. The van der Waals surface area contributed by atoms with Gasteiger partial charge in [0.1, 0.15) is 6.04 Å². The zero-order valence-corrected chi connectivity index (χ0v) is 11.2. The quantitative estimate of drug-likeness (QED) is 0.600. The topological polar surface area (TPSA) is 94.0 Å². The number of aliphatic carboxylic acids is 1. The molecule has 0 bridgehead atoms. The van der Waals surface area contributed by atoms with E-state index in [-0.39, 0.29) is 17.9 Å². The van der Waals surface area contributed by atoms with Gasteiger partial charge in [-0.3, -0.25) is 4.79 Å². The lowest BCUT2D eigenvalue weighted by molar-refractivity contribution is -0.406. The minimum atomic E-state index is -0.983. The number of hydrogen-bond acceptors (Lipinski definition) is 2. The first-order valence-corrected chi connectivity index (χ1v) is 6.10. The standard InChI is InChI=1S/C12H24N2O3/c1-7(2)5-9(13)11(15)14-10(12(16)17)6-8(3)4/h7-10H,5-6,13H2,1-4H3,(H,14,15)(H,16,17)/p+1. The Hall–Kier alpha value is -1.10. The van der Waals surface area contributed by atoms with Crippen LogP contribution in [0.1, 0.15) is 40.5 Å². The molecular formula is C12H25N2O3+. The fraction of sp³-hybridized carbons (Fsp3) is 0.833. The molecule has 0 aliphatic heterocycles. The van der Waals surface area contributed by atoms with Crippen molar-refractivity contribution < 1.29 is 20.4 Å². The summed E-state index contributed by atoms with van der Waals surface area (Å²) in [6, 6.07) is -1.19. The molecule has 0 radical (unpaired) electrons. The second-order valence-corrected chi connectivity index (χ2v) is 5.36. The van der Waals surface area contributed by atoms with Gasteiger partial charge in [-0.05, 0) is 18.3 Å². The lowest BCUT2D eigenvalue weighted by Gasteiger charge is -2.18. The van der Waals surface area contributed by atoms with Crippen molar-refractivity contribution in [3.63, 3.8) is 0 Å². The van der Waals surface area contributed by atoms with Crippen LogP contribution >= 0.6 is 0 Å². The molecule has 0 spiro atoms. The molecule has 1 amide bonds. The smallest absolute Gasteiger partial charge is 0.326 e. The van der Waals surface area contributed by atoms with Gasteiger partial charge >= 0.3 is 5.97 Å². The van der Waals surface area contributed by atoms with Crippen molar-refractivity contribution in [3.8, 4) is 0 Å². The van der Waals surface area contributed by atoms with Gasteiger partial charge in [0.2, 0.25) is 0 Å². The first-order chi connectivity index (χ1) is 7.73. The van der Waals surface area contributed by atoms with E-state index < -0.39 is 12.0 Å². The third kappa shape index (κ3) is 6.94. The number of carboxylic acid groups (broad SMARTS) is 1. The Labute approximate surface area is 103 Å². The number of carboxylic acids is 1. The maximum atomic E-state index is 11.7. The molecule has 0 saturated heterocycles. The van der Waals surface area contributed by atoms with Crippen LogP contribution in [0.3, 0.4) is 0 Å². The predicted octanol–water partition coefficient (Wildman–Crippen LogP) is 0.259.